The third-order valence-corrected chi connectivity index (χ3v) is 5.80. The lowest BCUT2D eigenvalue weighted by Crippen LogP contribution is -2.14. The maximum Gasteiger partial charge on any atom is 0.236 e. The van der Waals surface area contributed by atoms with Crippen LogP contribution in [0.2, 0.25) is 0 Å². The van der Waals surface area contributed by atoms with E-state index in [0.717, 1.165) is 28.3 Å². The fourth-order valence-corrected chi connectivity index (χ4v) is 4.28. The van der Waals surface area contributed by atoms with E-state index in [4.69, 9.17) is 4.52 Å². The highest BCUT2D eigenvalue weighted by molar-refractivity contribution is 7.99. The average Bonchev–Trinajstić information content (AvgIpc) is 3.18. The van der Waals surface area contributed by atoms with Gasteiger partial charge in [0.2, 0.25) is 5.91 Å². The maximum atomic E-state index is 12.2. The summed E-state index contributed by atoms with van der Waals surface area (Å²) in [6, 6.07) is 6.30. The molecule has 0 radical (unpaired) electrons. The molecular weight excluding hydrogens is 366 g/mol. The van der Waals surface area contributed by atoms with Crippen LogP contribution in [0.1, 0.15) is 28.1 Å². The fourth-order valence-electron chi connectivity index (χ4n) is 2.58. The van der Waals surface area contributed by atoms with Gasteiger partial charge in [0, 0.05) is 22.3 Å². The molecule has 0 spiro atoms. The predicted molar refractivity (Wildman–Crippen MR) is 108 cm³/mol. The summed E-state index contributed by atoms with van der Waals surface area (Å²) in [7, 11) is 0. The summed E-state index contributed by atoms with van der Waals surface area (Å²) >= 11 is 2.99. The number of aromatic nitrogens is 2. The van der Waals surface area contributed by atoms with E-state index in [2.05, 4.69) is 47.5 Å². The largest absolute Gasteiger partial charge is 0.361 e. The van der Waals surface area contributed by atoms with Gasteiger partial charge >= 0.3 is 0 Å². The Labute approximate surface area is 161 Å². The van der Waals surface area contributed by atoms with Crippen molar-refractivity contribution >= 4 is 34.1 Å². The van der Waals surface area contributed by atoms with Crippen LogP contribution in [0, 0.1) is 27.7 Å². The number of rotatable bonds is 6. The van der Waals surface area contributed by atoms with Gasteiger partial charge in [-0.2, -0.15) is 0 Å². The van der Waals surface area contributed by atoms with E-state index in [1.54, 1.807) is 0 Å². The second-order valence-electron chi connectivity index (χ2n) is 6.20. The van der Waals surface area contributed by atoms with Crippen molar-refractivity contribution in [2.24, 2.45) is 0 Å². The molecule has 5 nitrogen and oxygen atoms in total. The van der Waals surface area contributed by atoms with Gasteiger partial charge < -0.3 is 9.84 Å². The Morgan fingerprint density at radius 3 is 2.81 bits per heavy atom. The van der Waals surface area contributed by atoms with Gasteiger partial charge in [0.25, 0.3) is 0 Å². The zero-order valence-corrected chi connectivity index (χ0v) is 16.9. The van der Waals surface area contributed by atoms with Crippen molar-refractivity contribution < 1.29 is 9.32 Å². The van der Waals surface area contributed by atoms with Crippen LogP contribution >= 0.6 is 23.1 Å². The van der Waals surface area contributed by atoms with Crippen molar-refractivity contribution in [3.8, 4) is 11.3 Å². The number of amides is 1. The molecule has 3 rings (SSSR count). The Kier molecular flexibility index (Phi) is 5.78. The highest BCUT2D eigenvalue weighted by Gasteiger charge is 2.12. The number of benzene rings is 1. The second-order valence-corrected chi connectivity index (χ2v) is 8.04. The molecule has 2 heterocycles. The van der Waals surface area contributed by atoms with Crippen LogP contribution in [-0.4, -0.2) is 21.8 Å². The monoisotopic (exact) mass is 387 g/mol. The second kappa shape index (κ2) is 8.05. The highest BCUT2D eigenvalue weighted by Crippen LogP contribution is 2.28. The summed E-state index contributed by atoms with van der Waals surface area (Å²) in [4.78, 5) is 16.7. The van der Waals surface area contributed by atoms with Crippen molar-refractivity contribution in [1.82, 2.24) is 10.1 Å². The van der Waals surface area contributed by atoms with E-state index >= 15 is 0 Å². The van der Waals surface area contributed by atoms with Gasteiger partial charge in [-0.1, -0.05) is 22.9 Å². The molecule has 1 N–H and O–H groups in total. The van der Waals surface area contributed by atoms with Crippen molar-refractivity contribution in [1.29, 1.82) is 0 Å². The average molecular weight is 388 g/mol. The quantitative estimate of drug-likeness (QED) is 0.651. The third-order valence-electron chi connectivity index (χ3n) is 4.08. The molecule has 0 aliphatic heterocycles. The molecule has 0 bridgehead atoms. The predicted octanol–water partition coefficient (Wildman–Crippen LogP) is 4.90. The highest BCUT2D eigenvalue weighted by atomic mass is 32.2. The van der Waals surface area contributed by atoms with Gasteiger partial charge in [-0.3, -0.25) is 4.79 Å². The first-order chi connectivity index (χ1) is 12.4. The number of aryl methyl sites for hydroxylation is 4. The normalized spacial score (nSPS) is 10.9. The summed E-state index contributed by atoms with van der Waals surface area (Å²) in [5.74, 6) is 1.83. The van der Waals surface area contributed by atoms with E-state index < -0.39 is 0 Å². The van der Waals surface area contributed by atoms with Crippen LogP contribution in [0.4, 0.5) is 5.13 Å². The minimum absolute atomic E-state index is 0.0522. The number of nitrogens with zero attached hydrogens (tertiary/aromatic N) is 2. The van der Waals surface area contributed by atoms with Crippen molar-refractivity contribution in [2.75, 3.05) is 11.1 Å². The molecule has 2 aromatic heterocycles. The molecular formula is C19H21N3O2S2. The van der Waals surface area contributed by atoms with Gasteiger partial charge in [0.05, 0.1) is 17.1 Å². The van der Waals surface area contributed by atoms with Crippen LogP contribution in [0.15, 0.2) is 28.1 Å². The third kappa shape index (κ3) is 4.34. The van der Waals surface area contributed by atoms with Gasteiger partial charge in [-0.05, 0) is 39.3 Å². The molecule has 0 aliphatic carbocycles. The minimum Gasteiger partial charge on any atom is -0.361 e. The summed E-state index contributed by atoms with van der Waals surface area (Å²) in [6.45, 7) is 7.93. The number of thioether (sulfide) groups is 1. The van der Waals surface area contributed by atoms with Gasteiger partial charge in [-0.25, -0.2) is 4.98 Å². The maximum absolute atomic E-state index is 12.2. The molecule has 0 saturated carbocycles. The minimum atomic E-state index is -0.0522. The molecule has 1 amide bonds. The fraction of sp³-hybridized carbons (Fsp3) is 0.316. The zero-order chi connectivity index (χ0) is 18.7. The Balaban J connectivity index is 1.57. The molecule has 3 aromatic rings. The number of hydrogen-bond acceptors (Lipinski definition) is 6. The molecule has 7 heteroatoms. The first-order valence-electron chi connectivity index (χ1n) is 8.26. The van der Waals surface area contributed by atoms with Crippen molar-refractivity contribution in [2.45, 2.75) is 33.4 Å². The number of thiazole rings is 1. The lowest BCUT2D eigenvalue weighted by molar-refractivity contribution is -0.113. The molecule has 0 fully saturated rings. The topological polar surface area (TPSA) is 68.0 Å². The molecule has 0 unspecified atom stereocenters. The van der Waals surface area contributed by atoms with E-state index in [-0.39, 0.29) is 5.91 Å². The molecule has 136 valence electrons. The first-order valence-corrected chi connectivity index (χ1v) is 10.3. The van der Waals surface area contributed by atoms with Crippen LogP contribution < -0.4 is 5.32 Å². The molecule has 0 atom stereocenters. The molecule has 26 heavy (non-hydrogen) atoms. The molecule has 1 aromatic carbocycles. The standard InChI is InChI=1S/C19H21N3O2S2/c1-11-5-6-12(2)15(7-11)17-9-26-19(20-17)21-18(23)10-25-8-16-13(3)22-24-14(16)4/h5-7,9H,8,10H2,1-4H3,(H,20,21,23). The van der Waals surface area contributed by atoms with Crippen LogP contribution in [0.5, 0.6) is 0 Å². The smallest absolute Gasteiger partial charge is 0.236 e. The molecule has 0 saturated heterocycles. The van der Waals surface area contributed by atoms with Gasteiger partial charge in [0.1, 0.15) is 5.76 Å². The summed E-state index contributed by atoms with van der Waals surface area (Å²) in [5, 5.41) is 9.42. The summed E-state index contributed by atoms with van der Waals surface area (Å²) < 4.78 is 5.14. The van der Waals surface area contributed by atoms with Crippen molar-refractivity contribution in [3.63, 3.8) is 0 Å². The lowest BCUT2D eigenvalue weighted by atomic mass is 10.0. The number of carbonyl (C=O) groups excluding carboxylic acids is 1. The van der Waals surface area contributed by atoms with E-state index in [1.165, 1.54) is 34.2 Å². The number of anilines is 1. The SMILES string of the molecule is Cc1ccc(C)c(-c2csc(NC(=O)CSCc3c(C)noc3C)n2)c1. The summed E-state index contributed by atoms with van der Waals surface area (Å²) in [5.41, 5.74) is 6.32. The number of nitrogens with one attached hydrogen (secondary N) is 1. The van der Waals surface area contributed by atoms with Crippen LogP contribution in [0.25, 0.3) is 11.3 Å². The Hall–Kier alpha value is -2.12. The number of hydrogen-bond donors (Lipinski definition) is 1. The van der Waals surface area contributed by atoms with Gasteiger partial charge in [0.15, 0.2) is 5.13 Å². The van der Waals surface area contributed by atoms with E-state index in [9.17, 15) is 4.79 Å². The first kappa shape index (κ1) is 18.7. The van der Waals surface area contributed by atoms with Crippen molar-refractivity contribution in [3.05, 3.63) is 51.7 Å². The zero-order valence-electron chi connectivity index (χ0n) is 15.3. The van der Waals surface area contributed by atoms with Crippen LogP contribution in [0.3, 0.4) is 0 Å². The number of carbonyl (C=O) groups is 1. The van der Waals surface area contributed by atoms with Crippen LogP contribution in [-0.2, 0) is 10.5 Å². The summed E-state index contributed by atoms with van der Waals surface area (Å²) in [6.07, 6.45) is 0. The Bertz CT molecular complexity index is 911. The Morgan fingerprint density at radius 2 is 2.08 bits per heavy atom. The van der Waals surface area contributed by atoms with Gasteiger partial charge in [-0.15, -0.1) is 23.1 Å². The molecule has 0 aliphatic rings. The lowest BCUT2D eigenvalue weighted by Gasteiger charge is -2.04. The van der Waals surface area contributed by atoms with E-state index in [0.29, 0.717) is 16.6 Å². The van der Waals surface area contributed by atoms with E-state index in [1.807, 2.05) is 19.2 Å². The Morgan fingerprint density at radius 1 is 1.27 bits per heavy atom.